The Morgan fingerprint density at radius 1 is 1.35 bits per heavy atom. The van der Waals surface area contributed by atoms with Crippen LogP contribution in [-0.2, 0) is 6.54 Å². The van der Waals surface area contributed by atoms with Gasteiger partial charge in [0.15, 0.2) is 0 Å². The van der Waals surface area contributed by atoms with Crippen LogP contribution in [0.2, 0.25) is 0 Å². The number of halogens is 1. The molecule has 0 aliphatic heterocycles. The number of hydrogen-bond donors (Lipinski definition) is 1. The second-order valence-corrected chi connectivity index (χ2v) is 6.25. The summed E-state index contributed by atoms with van der Waals surface area (Å²) in [5.41, 5.74) is 5.04. The predicted octanol–water partition coefficient (Wildman–Crippen LogP) is 3.63. The Morgan fingerprint density at radius 3 is 2.75 bits per heavy atom. The van der Waals surface area contributed by atoms with Crippen LogP contribution >= 0.6 is 15.9 Å². The lowest BCUT2D eigenvalue weighted by molar-refractivity contribution is 0.647. The second kappa shape index (κ2) is 6.55. The van der Waals surface area contributed by atoms with Gasteiger partial charge in [0.2, 0.25) is 0 Å². The van der Waals surface area contributed by atoms with E-state index in [4.69, 9.17) is 5.10 Å². The molecule has 20 heavy (non-hydrogen) atoms. The number of hydrogen-bond acceptors (Lipinski definition) is 2. The Bertz CT molecular complexity index is 589. The number of aryl methyl sites for hydroxylation is 1. The van der Waals surface area contributed by atoms with Crippen molar-refractivity contribution >= 4 is 15.9 Å². The van der Waals surface area contributed by atoms with E-state index in [0.717, 1.165) is 23.3 Å². The predicted molar refractivity (Wildman–Crippen MR) is 87.3 cm³/mol. The molecule has 1 aromatic carbocycles. The standard InChI is InChI=1S/C16H22BrN3/c1-11(9-18-4)16-12(2)19-20(13(16)3)10-14-6-5-7-15(17)8-14/h5-8,11,18H,9-10H2,1-4H3. The molecule has 1 heterocycles. The molecular weight excluding hydrogens is 314 g/mol. The maximum absolute atomic E-state index is 4.71. The van der Waals surface area contributed by atoms with Gasteiger partial charge >= 0.3 is 0 Å². The zero-order valence-corrected chi connectivity index (χ0v) is 14.2. The van der Waals surface area contributed by atoms with Crippen LogP contribution in [0.4, 0.5) is 0 Å². The van der Waals surface area contributed by atoms with E-state index >= 15 is 0 Å². The van der Waals surface area contributed by atoms with Crippen molar-refractivity contribution in [3.63, 3.8) is 0 Å². The van der Waals surface area contributed by atoms with E-state index < -0.39 is 0 Å². The number of aromatic nitrogens is 2. The molecule has 1 N–H and O–H groups in total. The van der Waals surface area contributed by atoms with Gasteiger partial charge in [0, 0.05) is 22.3 Å². The van der Waals surface area contributed by atoms with Crippen LogP contribution in [0.1, 0.15) is 35.4 Å². The summed E-state index contributed by atoms with van der Waals surface area (Å²) in [7, 11) is 1.99. The molecule has 0 spiro atoms. The summed E-state index contributed by atoms with van der Waals surface area (Å²) in [5.74, 6) is 0.483. The van der Waals surface area contributed by atoms with Crippen molar-refractivity contribution in [3.05, 3.63) is 51.3 Å². The molecule has 1 aromatic heterocycles. The third-order valence-corrected chi connectivity index (χ3v) is 4.16. The normalized spacial score (nSPS) is 12.7. The molecule has 108 valence electrons. The van der Waals surface area contributed by atoms with Crippen LogP contribution in [0, 0.1) is 13.8 Å². The van der Waals surface area contributed by atoms with Crippen LogP contribution in [-0.4, -0.2) is 23.4 Å². The highest BCUT2D eigenvalue weighted by atomic mass is 79.9. The van der Waals surface area contributed by atoms with E-state index in [2.05, 4.69) is 64.9 Å². The van der Waals surface area contributed by atoms with Gasteiger partial charge in [-0.1, -0.05) is 35.0 Å². The minimum Gasteiger partial charge on any atom is -0.319 e. The van der Waals surface area contributed by atoms with Gasteiger partial charge in [-0.15, -0.1) is 0 Å². The smallest absolute Gasteiger partial charge is 0.0663 e. The summed E-state index contributed by atoms with van der Waals surface area (Å²) < 4.78 is 3.22. The molecule has 0 bridgehead atoms. The summed E-state index contributed by atoms with van der Waals surface area (Å²) >= 11 is 3.52. The van der Waals surface area contributed by atoms with Gasteiger partial charge in [0.25, 0.3) is 0 Å². The highest BCUT2D eigenvalue weighted by molar-refractivity contribution is 9.10. The Balaban J connectivity index is 2.28. The van der Waals surface area contributed by atoms with E-state index in [1.54, 1.807) is 0 Å². The third kappa shape index (κ3) is 3.30. The van der Waals surface area contributed by atoms with Crippen molar-refractivity contribution in [1.29, 1.82) is 0 Å². The highest BCUT2D eigenvalue weighted by Gasteiger charge is 2.17. The van der Waals surface area contributed by atoms with Gasteiger partial charge in [0.1, 0.15) is 0 Å². The maximum Gasteiger partial charge on any atom is 0.0663 e. The molecule has 2 aromatic rings. The van der Waals surface area contributed by atoms with Crippen molar-refractivity contribution in [1.82, 2.24) is 15.1 Å². The third-order valence-electron chi connectivity index (χ3n) is 3.66. The molecule has 1 atom stereocenters. The Kier molecular flexibility index (Phi) is 5.00. The van der Waals surface area contributed by atoms with Crippen LogP contribution in [0.15, 0.2) is 28.7 Å². The maximum atomic E-state index is 4.71. The minimum absolute atomic E-state index is 0.483. The van der Waals surface area contributed by atoms with E-state index in [9.17, 15) is 0 Å². The largest absolute Gasteiger partial charge is 0.319 e. The SMILES string of the molecule is CNCC(C)c1c(C)nn(Cc2cccc(Br)c2)c1C. The summed E-state index contributed by atoms with van der Waals surface area (Å²) in [4.78, 5) is 0. The fourth-order valence-electron chi connectivity index (χ4n) is 2.79. The summed E-state index contributed by atoms with van der Waals surface area (Å²) in [6.07, 6.45) is 0. The molecule has 3 nitrogen and oxygen atoms in total. The van der Waals surface area contributed by atoms with Gasteiger partial charge < -0.3 is 5.32 Å². The molecule has 0 amide bonds. The van der Waals surface area contributed by atoms with Crippen molar-refractivity contribution in [2.45, 2.75) is 33.2 Å². The van der Waals surface area contributed by atoms with E-state index in [1.807, 2.05) is 13.1 Å². The molecule has 0 aliphatic carbocycles. The highest BCUT2D eigenvalue weighted by Crippen LogP contribution is 2.23. The molecular formula is C16H22BrN3. The average Bonchev–Trinajstić information content (AvgIpc) is 2.65. The first-order valence-corrected chi connectivity index (χ1v) is 7.75. The zero-order valence-electron chi connectivity index (χ0n) is 12.6. The molecule has 0 aliphatic rings. The van der Waals surface area contributed by atoms with Crippen LogP contribution in [0.3, 0.4) is 0 Å². The lowest BCUT2D eigenvalue weighted by atomic mass is 9.99. The Morgan fingerprint density at radius 2 is 2.10 bits per heavy atom. The lowest BCUT2D eigenvalue weighted by Crippen LogP contribution is -2.16. The molecule has 1 unspecified atom stereocenters. The summed E-state index contributed by atoms with van der Waals surface area (Å²) in [6, 6.07) is 8.39. The number of benzene rings is 1. The number of likely N-dealkylation sites (N-methyl/N-ethyl adjacent to an activating group) is 1. The summed E-state index contributed by atoms with van der Waals surface area (Å²) in [5, 5.41) is 7.96. The quantitative estimate of drug-likeness (QED) is 0.904. The fraction of sp³-hybridized carbons (Fsp3) is 0.438. The van der Waals surface area contributed by atoms with Crippen LogP contribution in [0.5, 0.6) is 0 Å². The van der Waals surface area contributed by atoms with E-state index in [-0.39, 0.29) is 0 Å². The molecule has 0 radical (unpaired) electrons. The Hall–Kier alpha value is -1.13. The topological polar surface area (TPSA) is 29.9 Å². The van der Waals surface area contributed by atoms with Crippen molar-refractivity contribution < 1.29 is 0 Å². The van der Waals surface area contributed by atoms with Crippen molar-refractivity contribution in [2.75, 3.05) is 13.6 Å². The van der Waals surface area contributed by atoms with Crippen LogP contribution < -0.4 is 5.32 Å². The van der Waals surface area contributed by atoms with Crippen LogP contribution in [0.25, 0.3) is 0 Å². The zero-order chi connectivity index (χ0) is 14.7. The van der Waals surface area contributed by atoms with E-state index in [0.29, 0.717) is 5.92 Å². The van der Waals surface area contributed by atoms with Crippen molar-refractivity contribution in [2.24, 2.45) is 0 Å². The number of rotatable bonds is 5. The van der Waals surface area contributed by atoms with Gasteiger partial charge in [-0.2, -0.15) is 5.10 Å². The lowest BCUT2D eigenvalue weighted by Gasteiger charge is -2.12. The molecule has 0 fully saturated rings. The first kappa shape index (κ1) is 15.3. The van der Waals surface area contributed by atoms with Gasteiger partial charge in [-0.3, -0.25) is 4.68 Å². The monoisotopic (exact) mass is 335 g/mol. The molecule has 2 rings (SSSR count). The fourth-order valence-corrected chi connectivity index (χ4v) is 3.24. The second-order valence-electron chi connectivity index (χ2n) is 5.33. The number of nitrogens with one attached hydrogen (secondary N) is 1. The minimum atomic E-state index is 0.483. The summed E-state index contributed by atoms with van der Waals surface area (Å²) in [6.45, 7) is 8.31. The first-order valence-electron chi connectivity index (χ1n) is 6.96. The average molecular weight is 336 g/mol. The van der Waals surface area contributed by atoms with Crippen molar-refractivity contribution in [3.8, 4) is 0 Å². The molecule has 0 saturated carbocycles. The van der Waals surface area contributed by atoms with Gasteiger partial charge in [0.05, 0.1) is 12.2 Å². The molecule has 0 saturated heterocycles. The Labute approximate surface area is 129 Å². The molecule has 4 heteroatoms. The van der Waals surface area contributed by atoms with Gasteiger partial charge in [-0.25, -0.2) is 0 Å². The van der Waals surface area contributed by atoms with E-state index in [1.165, 1.54) is 16.8 Å². The van der Waals surface area contributed by atoms with Gasteiger partial charge in [-0.05, 0) is 44.5 Å². The number of nitrogens with zero attached hydrogens (tertiary/aromatic N) is 2. The first-order chi connectivity index (χ1) is 9.52.